The van der Waals surface area contributed by atoms with Gasteiger partial charge in [-0.3, -0.25) is 4.79 Å². The fourth-order valence-electron chi connectivity index (χ4n) is 3.04. The van der Waals surface area contributed by atoms with Crippen molar-refractivity contribution in [2.45, 2.75) is 28.2 Å². The molecule has 0 amide bonds. The third-order valence-electron chi connectivity index (χ3n) is 4.64. The lowest BCUT2D eigenvalue weighted by atomic mass is 10.1. The molecule has 0 N–H and O–H groups in total. The summed E-state index contributed by atoms with van der Waals surface area (Å²) in [5.41, 5.74) is 1.64. The Kier molecular flexibility index (Phi) is 5.73. The van der Waals surface area contributed by atoms with E-state index < -0.39 is 24.3 Å². The van der Waals surface area contributed by atoms with Gasteiger partial charge in [-0.15, -0.1) is 0 Å². The van der Waals surface area contributed by atoms with Crippen LogP contribution >= 0.6 is 0 Å². The van der Waals surface area contributed by atoms with E-state index in [0.717, 1.165) is 11.1 Å². The van der Waals surface area contributed by atoms with Crippen molar-refractivity contribution >= 4 is 26.0 Å². The van der Waals surface area contributed by atoms with Crippen molar-refractivity contribution in [3.63, 3.8) is 0 Å². The second kappa shape index (κ2) is 7.93. The maximum absolute atomic E-state index is 13.5. The maximum atomic E-state index is 13.5. The standard InChI is InChI=1S/C22H20O5S2/c1-16-7-11-19(12-8-16)28(24,25)22(21-6-4-3-5-18(21)15-23)29(26,27)20-13-9-17(2)10-14-20/h3-15,22H,1-2H3. The van der Waals surface area contributed by atoms with Crippen molar-refractivity contribution in [3.8, 4) is 0 Å². The lowest BCUT2D eigenvalue weighted by Gasteiger charge is -2.20. The number of carbonyl (C=O) groups is 1. The van der Waals surface area contributed by atoms with Crippen molar-refractivity contribution in [2.75, 3.05) is 0 Å². The minimum Gasteiger partial charge on any atom is -0.298 e. The molecule has 0 heterocycles. The predicted molar refractivity (Wildman–Crippen MR) is 111 cm³/mol. The summed E-state index contributed by atoms with van der Waals surface area (Å²) >= 11 is 0. The van der Waals surface area contributed by atoms with Crippen LogP contribution in [-0.4, -0.2) is 23.1 Å². The van der Waals surface area contributed by atoms with Gasteiger partial charge in [-0.05, 0) is 43.7 Å². The molecule has 3 aromatic carbocycles. The molecule has 0 aliphatic rings. The minimum atomic E-state index is -4.37. The van der Waals surface area contributed by atoms with E-state index in [4.69, 9.17) is 0 Å². The van der Waals surface area contributed by atoms with Crippen LogP contribution in [0.1, 0.15) is 31.6 Å². The van der Waals surface area contributed by atoms with Gasteiger partial charge in [-0.25, -0.2) is 16.8 Å². The minimum absolute atomic E-state index is 0.0175. The highest BCUT2D eigenvalue weighted by Gasteiger charge is 2.42. The van der Waals surface area contributed by atoms with E-state index in [2.05, 4.69) is 0 Å². The third-order valence-corrected chi connectivity index (χ3v) is 9.65. The molecule has 0 aliphatic carbocycles. The molecule has 0 atom stereocenters. The summed E-state index contributed by atoms with van der Waals surface area (Å²) in [6.07, 6.45) is 0.470. The highest BCUT2D eigenvalue weighted by Crippen LogP contribution is 2.39. The summed E-state index contributed by atoms with van der Waals surface area (Å²) in [4.78, 5) is 11.3. The molecule has 0 bridgehead atoms. The van der Waals surface area contributed by atoms with E-state index in [-0.39, 0.29) is 20.9 Å². The number of hydrogen-bond donors (Lipinski definition) is 0. The Morgan fingerprint density at radius 2 is 1.07 bits per heavy atom. The number of benzene rings is 3. The first kappa shape index (κ1) is 21.0. The normalized spacial score (nSPS) is 12.1. The molecule has 0 spiro atoms. The van der Waals surface area contributed by atoms with Crippen molar-refractivity contribution in [3.05, 3.63) is 95.1 Å². The maximum Gasteiger partial charge on any atom is 0.200 e. The van der Waals surface area contributed by atoms with Gasteiger partial charge < -0.3 is 0 Å². The Morgan fingerprint density at radius 1 is 0.655 bits per heavy atom. The predicted octanol–water partition coefficient (Wildman–Crippen LogP) is 4.06. The van der Waals surface area contributed by atoms with Gasteiger partial charge in [0.1, 0.15) is 6.29 Å². The van der Waals surface area contributed by atoms with Crippen molar-refractivity contribution < 1.29 is 21.6 Å². The molecule has 0 radical (unpaired) electrons. The van der Waals surface area contributed by atoms with E-state index in [1.807, 2.05) is 0 Å². The molecule has 0 unspecified atom stereocenters. The summed E-state index contributed by atoms with van der Waals surface area (Å²) < 4.78 is 52.1. The first-order valence-corrected chi connectivity index (χ1v) is 11.9. The Bertz CT molecular complexity index is 1170. The number of hydrogen-bond acceptors (Lipinski definition) is 5. The number of sulfone groups is 2. The number of aryl methyl sites for hydroxylation is 2. The molecule has 3 rings (SSSR count). The second-order valence-electron chi connectivity index (χ2n) is 6.79. The van der Waals surface area contributed by atoms with E-state index >= 15 is 0 Å². The van der Waals surface area contributed by atoms with Gasteiger partial charge >= 0.3 is 0 Å². The van der Waals surface area contributed by atoms with Crippen LogP contribution in [0.3, 0.4) is 0 Å². The van der Waals surface area contributed by atoms with E-state index in [1.165, 1.54) is 42.5 Å². The van der Waals surface area contributed by atoms with Gasteiger partial charge in [0.2, 0.25) is 0 Å². The van der Waals surface area contributed by atoms with E-state index in [1.54, 1.807) is 44.2 Å². The molecular weight excluding hydrogens is 408 g/mol. The first-order valence-electron chi connectivity index (χ1n) is 8.83. The van der Waals surface area contributed by atoms with E-state index in [9.17, 15) is 21.6 Å². The number of aldehydes is 1. The monoisotopic (exact) mass is 428 g/mol. The molecule has 0 aliphatic heterocycles. The van der Waals surface area contributed by atoms with Crippen molar-refractivity contribution in [1.82, 2.24) is 0 Å². The fraction of sp³-hybridized carbons (Fsp3) is 0.136. The van der Waals surface area contributed by atoms with E-state index in [0.29, 0.717) is 6.29 Å². The van der Waals surface area contributed by atoms with Gasteiger partial charge in [-0.1, -0.05) is 59.7 Å². The molecule has 29 heavy (non-hydrogen) atoms. The summed E-state index contributed by atoms with van der Waals surface area (Å²) in [6, 6.07) is 17.8. The van der Waals surface area contributed by atoms with Crippen LogP contribution < -0.4 is 0 Å². The van der Waals surface area contributed by atoms with Crippen LogP contribution in [0.2, 0.25) is 0 Å². The Labute approximate surface area is 170 Å². The smallest absolute Gasteiger partial charge is 0.200 e. The molecule has 7 heteroatoms. The fourth-order valence-corrected chi connectivity index (χ4v) is 7.66. The molecule has 5 nitrogen and oxygen atoms in total. The summed E-state index contributed by atoms with van der Waals surface area (Å²) in [5.74, 6) is 0. The number of rotatable bonds is 6. The molecule has 3 aromatic rings. The third kappa shape index (κ3) is 4.02. The van der Waals surface area contributed by atoms with Crippen LogP contribution in [0.5, 0.6) is 0 Å². The Morgan fingerprint density at radius 3 is 1.48 bits per heavy atom. The zero-order valence-electron chi connectivity index (χ0n) is 15.9. The lowest BCUT2D eigenvalue weighted by Crippen LogP contribution is -2.24. The van der Waals surface area contributed by atoms with Crippen LogP contribution in [0.15, 0.2) is 82.6 Å². The van der Waals surface area contributed by atoms with Crippen molar-refractivity contribution in [1.29, 1.82) is 0 Å². The van der Waals surface area contributed by atoms with Gasteiger partial charge in [0.25, 0.3) is 0 Å². The van der Waals surface area contributed by atoms with Gasteiger partial charge in [0.15, 0.2) is 24.3 Å². The molecule has 0 saturated carbocycles. The van der Waals surface area contributed by atoms with Crippen LogP contribution in [0.4, 0.5) is 0 Å². The first-order chi connectivity index (χ1) is 13.7. The average molecular weight is 429 g/mol. The summed E-state index contributed by atoms with van der Waals surface area (Å²) in [7, 11) is -8.73. The molecular formula is C22H20O5S2. The van der Waals surface area contributed by atoms with Crippen molar-refractivity contribution in [2.24, 2.45) is 0 Å². The Balaban J connectivity index is 2.32. The van der Waals surface area contributed by atoms with Crippen LogP contribution in [-0.2, 0) is 19.7 Å². The van der Waals surface area contributed by atoms with Gasteiger partial charge in [0.05, 0.1) is 9.79 Å². The quantitative estimate of drug-likeness (QED) is 0.553. The molecule has 0 aromatic heterocycles. The highest BCUT2D eigenvalue weighted by atomic mass is 32.3. The zero-order chi connectivity index (χ0) is 21.2. The number of carbonyl (C=O) groups excluding carboxylic acids is 1. The SMILES string of the molecule is Cc1ccc(S(=O)(=O)C(c2ccccc2C=O)S(=O)(=O)c2ccc(C)cc2)cc1. The van der Waals surface area contributed by atoms with Gasteiger partial charge in [-0.2, -0.15) is 0 Å². The topological polar surface area (TPSA) is 85.3 Å². The zero-order valence-corrected chi connectivity index (χ0v) is 17.6. The second-order valence-corrected chi connectivity index (χ2v) is 11.2. The largest absolute Gasteiger partial charge is 0.298 e. The summed E-state index contributed by atoms with van der Waals surface area (Å²) in [6.45, 7) is 3.61. The highest BCUT2D eigenvalue weighted by molar-refractivity contribution is 8.08. The van der Waals surface area contributed by atoms with Crippen LogP contribution in [0.25, 0.3) is 0 Å². The molecule has 0 fully saturated rings. The van der Waals surface area contributed by atoms with Crippen LogP contribution in [0, 0.1) is 13.8 Å². The molecule has 150 valence electrons. The molecule has 0 saturated heterocycles. The lowest BCUT2D eigenvalue weighted by molar-refractivity contribution is 0.112. The van der Waals surface area contributed by atoms with Gasteiger partial charge in [0, 0.05) is 5.56 Å². The summed E-state index contributed by atoms with van der Waals surface area (Å²) in [5, 5.41) is 0. The Hall–Kier alpha value is -2.77. The average Bonchev–Trinajstić information content (AvgIpc) is 2.69.